The number of methoxy groups -OCH3 is 1. The predicted octanol–water partition coefficient (Wildman–Crippen LogP) is 3.77. The Bertz CT molecular complexity index is 1190. The van der Waals surface area contributed by atoms with Crippen LogP contribution in [0.4, 0.5) is 5.69 Å². The van der Waals surface area contributed by atoms with Gasteiger partial charge in [0, 0.05) is 18.2 Å². The van der Waals surface area contributed by atoms with E-state index in [1.807, 2.05) is 31.2 Å². The number of nitrogens with one attached hydrogen (secondary N) is 1. The van der Waals surface area contributed by atoms with Crippen LogP contribution in [0.5, 0.6) is 5.75 Å². The molecule has 6 nitrogen and oxygen atoms in total. The summed E-state index contributed by atoms with van der Waals surface area (Å²) in [5, 5.41) is 2.91. The number of amides is 1. The fourth-order valence-electron chi connectivity index (χ4n) is 3.84. The number of fused-ring (bicyclic) bond motifs is 1. The van der Waals surface area contributed by atoms with Gasteiger partial charge >= 0.3 is 0 Å². The van der Waals surface area contributed by atoms with Crippen LogP contribution in [0.15, 0.2) is 77.7 Å². The van der Waals surface area contributed by atoms with Crippen LogP contribution in [-0.4, -0.2) is 27.5 Å². The van der Waals surface area contributed by atoms with Gasteiger partial charge in [-0.3, -0.25) is 9.10 Å². The summed E-state index contributed by atoms with van der Waals surface area (Å²) in [6.45, 7) is 2.27. The second-order valence-corrected chi connectivity index (χ2v) is 9.36. The Kier molecular flexibility index (Phi) is 5.69. The fraction of sp³-hybridized carbons (Fsp3) is 0.208. The minimum absolute atomic E-state index is 0.198. The Morgan fingerprint density at radius 1 is 1.06 bits per heavy atom. The van der Waals surface area contributed by atoms with Gasteiger partial charge in [-0.15, -0.1) is 0 Å². The molecule has 31 heavy (non-hydrogen) atoms. The summed E-state index contributed by atoms with van der Waals surface area (Å²) in [5.74, 6) is 0.563. The molecule has 4 rings (SSSR count). The summed E-state index contributed by atoms with van der Waals surface area (Å²) in [7, 11) is -2.06. The molecule has 1 aliphatic heterocycles. The fourth-order valence-corrected chi connectivity index (χ4v) is 5.56. The highest BCUT2D eigenvalue weighted by molar-refractivity contribution is 7.92. The number of nitrogens with zero attached hydrogens (tertiary/aromatic N) is 1. The molecular formula is C24H24N2O4S. The van der Waals surface area contributed by atoms with Gasteiger partial charge in [-0.1, -0.05) is 30.3 Å². The summed E-state index contributed by atoms with van der Waals surface area (Å²) in [4.78, 5) is 12.9. The lowest BCUT2D eigenvalue weighted by molar-refractivity contribution is 0.0951. The maximum Gasteiger partial charge on any atom is 0.264 e. The van der Waals surface area contributed by atoms with Crippen molar-refractivity contribution in [2.45, 2.75) is 30.8 Å². The Morgan fingerprint density at radius 3 is 2.45 bits per heavy atom. The van der Waals surface area contributed by atoms with Gasteiger partial charge in [0.1, 0.15) is 5.75 Å². The van der Waals surface area contributed by atoms with Gasteiger partial charge in [-0.2, -0.15) is 0 Å². The van der Waals surface area contributed by atoms with Gasteiger partial charge in [0.05, 0.1) is 17.7 Å². The Labute approximate surface area is 182 Å². The molecule has 0 aromatic heterocycles. The third-order valence-electron chi connectivity index (χ3n) is 5.41. The highest BCUT2D eigenvalue weighted by atomic mass is 32.2. The minimum atomic E-state index is -3.66. The quantitative estimate of drug-likeness (QED) is 0.638. The molecule has 1 atom stereocenters. The summed E-state index contributed by atoms with van der Waals surface area (Å²) in [5.41, 5.74) is 2.95. The smallest absolute Gasteiger partial charge is 0.264 e. The van der Waals surface area contributed by atoms with Crippen LogP contribution in [0.1, 0.15) is 28.4 Å². The van der Waals surface area contributed by atoms with E-state index in [4.69, 9.17) is 4.74 Å². The molecule has 1 heterocycles. The molecule has 160 valence electrons. The van der Waals surface area contributed by atoms with Gasteiger partial charge in [0.15, 0.2) is 0 Å². The average Bonchev–Trinajstić information content (AvgIpc) is 3.14. The normalized spacial score (nSPS) is 15.4. The molecule has 0 aliphatic carbocycles. The number of anilines is 1. The molecule has 0 fully saturated rings. The molecule has 1 amide bonds. The van der Waals surface area contributed by atoms with Crippen LogP contribution in [0.25, 0.3) is 0 Å². The summed E-state index contributed by atoms with van der Waals surface area (Å²) < 4.78 is 32.9. The molecule has 1 aliphatic rings. The van der Waals surface area contributed by atoms with E-state index < -0.39 is 10.0 Å². The highest BCUT2D eigenvalue weighted by Gasteiger charge is 2.36. The predicted molar refractivity (Wildman–Crippen MR) is 120 cm³/mol. The van der Waals surface area contributed by atoms with Crippen LogP contribution in [0.2, 0.25) is 0 Å². The van der Waals surface area contributed by atoms with E-state index in [2.05, 4.69) is 5.32 Å². The van der Waals surface area contributed by atoms with Crippen LogP contribution in [0, 0.1) is 0 Å². The number of hydrogen-bond donors (Lipinski definition) is 1. The van der Waals surface area contributed by atoms with E-state index in [1.165, 1.54) is 4.31 Å². The van der Waals surface area contributed by atoms with Crippen molar-refractivity contribution >= 4 is 21.6 Å². The lowest BCUT2D eigenvalue weighted by Crippen LogP contribution is -2.35. The number of hydrogen-bond acceptors (Lipinski definition) is 4. The zero-order chi connectivity index (χ0) is 22.0. The molecule has 0 saturated heterocycles. The molecule has 0 bridgehead atoms. The average molecular weight is 437 g/mol. The van der Waals surface area contributed by atoms with E-state index in [0.717, 1.165) is 16.9 Å². The molecule has 0 saturated carbocycles. The number of carbonyl (C=O) groups is 1. The first-order valence-corrected chi connectivity index (χ1v) is 11.5. The summed E-state index contributed by atoms with van der Waals surface area (Å²) in [6, 6.07) is 20.9. The SMILES string of the molecule is COc1ccc(CNC(=O)c2ccc3c(c2)C[C@@H](C)N3S(=O)(=O)c2ccccc2)cc1. The number of rotatable bonds is 6. The molecule has 0 radical (unpaired) electrons. The first kappa shape index (κ1) is 20.9. The van der Waals surface area contributed by atoms with Crippen molar-refractivity contribution in [2.24, 2.45) is 0 Å². The van der Waals surface area contributed by atoms with Crippen molar-refractivity contribution in [1.29, 1.82) is 0 Å². The summed E-state index contributed by atoms with van der Waals surface area (Å²) in [6.07, 6.45) is 0.557. The lowest BCUT2D eigenvalue weighted by atomic mass is 10.1. The van der Waals surface area contributed by atoms with Crippen LogP contribution in [0.3, 0.4) is 0 Å². The van der Waals surface area contributed by atoms with Gasteiger partial charge in [0.2, 0.25) is 0 Å². The van der Waals surface area contributed by atoms with Crippen LogP contribution >= 0.6 is 0 Å². The molecule has 7 heteroatoms. The maximum atomic E-state index is 13.2. The van der Waals surface area contributed by atoms with Gasteiger partial charge in [-0.25, -0.2) is 8.42 Å². The second-order valence-electron chi connectivity index (χ2n) is 7.54. The van der Waals surface area contributed by atoms with E-state index in [9.17, 15) is 13.2 Å². The van der Waals surface area contributed by atoms with Crippen molar-refractivity contribution in [3.8, 4) is 5.75 Å². The number of sulfonamides is 1. The van der Waals surface area contributed by atoms with Crippen molar-refractivity contribution < 1.29 is 17.9 Å². The van der Waals surface area contributed by atoms with Crippen molar-refractivity contribution in [1.82, 2.24) is 5.32 Å². The second kappa shape index (κ2) is 8.43. The topological polar surface area (TPSA) is 75.7 Å². The molecule has 3 aromatic rings. The third kappa shape index (κ3) is 4.14. The zero-order valence-electron chi connectivity index (χ0n) is 17.4. The number of carbonyl (C=O) groups excluding carboxylic acids is 1. The first-order valence-electron chi connectivity index (χ1n) is 10.0. The van der Waals surface area contributed by atoms with Crippen molar-refractivity contribution in [2.75, 3.05) is 11.4 Å². The van der Waals surface area contributed by atoms with E-state index in [0.29, 0.717) is 24.2 Å². The molecule has 0 spiro atoms. The Morgan fingerprint density at radius 2 is 1.77 bits per heavy atom. The van der Waals surface area contributed by atoms with Gasteiger partial charge < -0.3 is 10.1 Å². The number of ether oxygens (including phenoxy) is 1. The maximum absolute atomic E-state index is 13.2. The van der Waals surface area contributed by atoms with Crippen LogP contribution < -0.4 is 14.4 Å². The zero-order valence-corrected chi connectivity index (χ0v) is 18.2. The number of benzene rings is 3. The van der Waals surface area contributed by atoms with E-state index >= 15 is 0 Å². The first-order chi connectivity index (χ1) is 14.9. The van der Waals surface area contributed by atoms with Crippen molar-refractivity contribution in [3.63, 3.8) is 0 Å². The molecule has 3 aromatic carbocycles. The Balaban J connectivity index is 1.52. The Hall–Kier alpha value is -3.32. The highest BCUT2D eigenvalue weighted by Crippen LogP contribution is 2.37. The molecule has 0 unspecified atom stereocenters. The van der Waals surface area contributed by atoms with E-state index in [1.54, 1.807) is 55.6 Å². The standard InChI is InChI=1S/C24H24N2O4S/c1-17-14-20-15-19(24(27)25-16-18-8-11-21(30-2)12-9-18)10-13-23(20)26(17)31(28,29)22-6-4-3-5-7-22/h3-13,15,17H,14,16H2,1-2H3,(H,25,27)/t17-/m1/s1. The molecular weight excluding hydrogens is 412 g/mol. The van der Waals surface area contributed by atoms with Gasteiger partial charge in [-0.05, 0) is 66.9 Å². The monoisotopic (exact) mass is 436 g/mol. The third-order valence-corrected chi connectivity index (χ3v) is 7.35. The van der Waals surface area contributed by atoms with Gasteiger partial charge in [0.25, 0.3) is 15.9 Å². The lowest BCUT2D eigenvalue weighted by Gasteiger charge is -2.24. The van der Waals surface area contributed by atoms with Crippen LogP contribution in [-0.2, 0) is 23.0 Å². The largest absolute Gasteiger partial charge is 0.497 e. The molecule has 1 N–H and O–H groups in total. The van der Waals surface area contributed by atoms with E-state index in [-0.39, 0.29) is 16.8 Å². The minimum Gasteiger partial charge on any atom is -0.497 e. The van der Waals surface area contributed by atoms with Crippen molar-refractivity contribution in [3.05, 3.63) is 89.5 Å². The summed E-state index contributed by atoms with van der Waals surface area (Å²) >= 11 is 0.